The lowest BCUT2D eigenvalue weighted by Crippen LogP contribution is -2.11. The first-order chi connectivity index (χ1) is 7.25. The minimum atomic E-state index is -0.146. The van der Waals surface area contributed by atoms with Crippen LogP contribution in [0.2, 0.25) is 0 Å². The van der Waals surface area contributed by atoms with E-state index in [-0.39, 0.29) is 5.91 Å². The number of H-pyrrole nitrogens is 1. The summed E-state index contributed by atoms with van der Waals surface area (Å²) < 4.78 is 0. The Kier molecular flexibility index (Phi) is 2.78. The number of aromatic nitrogens is 1. The molecule has 0 saturated carbocycles. The molecule has 76 valence electrons. The summed E-state index contributed by atoms with van der Waals surface area (Å²) in [6, 6.07) is 10.8. The maximum absolute atomic E-state index is 11.6. The van der Waals surface area contributed by atoms with Crippen molar-refractivity contribution in [2.75, 3.05) is 5.32 Å². The van der Waals surface area contributed by atoms with Gasteiger partial charge in [0.05, 0.1) is 0 Å². The van der Waals surface area contributed by atoms with Crippen LogP contribution in [-0.2, 0) is 0 Å². The Morgan fingerprint density at radius 3 is 2.53 bits per heavy atom. The van der Waals surface area contributed by atoms with E-state index in [1.807, 2.05) is 24.3 Å². The van der Waals surface area contributed by atoms with Crippen LogP contribution in [0, 0.1) is 0 Å². The van der Waals surface area contributed by atoms with Crippen LogP contribution in [0.15, 0.2) is 47.5 Å². The van der Waals surface area contributed by atoms with E-state index in [4.69, 9.17) is 0 Å². The third-order valence-electron chi connectivity index (χ3n) is 1.97. The molecule has 0 unspecified atom stereocenters. The van der Waals surface area contributed by atoms with Crippen molar-refractivity contribution < 1.29 is 4.79 Å². The molecule has 0 aliphatic rings. The fraction of sp³-hybridized carbons (Fsp3) is 0. The Bertz CT molecular complexity index is 448. The van der Waals surface area contributed by atoms with Crippen molar-refractivity contribution in [1.82, 2.24) is 4.98 Å². The molecule has 0 bridgehead atoms. The van der Waals surface area contributed by atoms with E-state index in [0.29, 0.717) is 5.69 Å². The number of benzene rings is 1. The molecule has 2 N–H and O–H groups in total. The first-order valence-corrected chi connectivity index (χ1v) is 4.94. The SMILES string of the molecule is O=C(Nc1ccc(S)cc1)c1ccc[nH]1. The van der Waals surface area contributed by atoms with E-state index in [2.05, 4.69) is 22.9 Å². The maximum Gasteiger partial charge on any atom is 0.272 e. The number of rotatable bonds is 2. The van der Waals surface area contributed by atoms with Crippen LogP contribution in [0.25, 0.3) is 0 Å². The van der Waals surface area contributed by atoms with Gasteiger partial charge < -0.3 is 10.3 Å². The number of anilines is 1. The second-order valence-electron chi connectivity index (χ2n) is 3.08. The summed E-state index contributed by atoms with van der Waals surface area (Å²) in [6.07, 6.45) is 1.71. The van der Waals surface area contributed by atoms with Gasteiger partial charge in [-0.2, -0.15) is 0 Å². The van der Waals surface area contributed by atoms with Gasteiger partial charge in [-0.05, 0) is 36.4 Å². The first kappa shape index (κ1) is 9.86. The molecule has 0 spiro atoms. The molecular weight excluding hydrogens is 208 g/mol. The summed E-state index contributed by atoms with van der Waals surface area (Å²) in [7, 11) is 0. The third-order valence-corrected chi connectivity index (χ3v) is 2.27. The zero-order valence-corrected chi connectivity index (χ0v) is 8.79. The van der Waals surface area contributed by atoms with Gasteiger partial charge in [0.1, 0.15) is 5.69 Å². The summed E-state index contributed by atoms with van der Waals surface area (Å²) in [5.74, 6) is -0.146. The molecule has 3 nitrogen and oxygen atoms in total. The van der Waals surface area contributed by atoms with E-state index < -0.39 is 0 Å². The number of amides is 1. The fourth-order valence-electron chi connectivity index (χ4n) is 1.21. The summed E-state index contributed by atoms with van der Waals surface area (Å²) in [4.78, 5) is 15.3. The molecule has 0 saturated heterocycles. The van der Waals surface area contributed by atoms with Gasteiger partial charge in [-0.15, -0.1) is 12.6 Å². The van der Waals surface area contributed by atoms with Crippen LogP contribution in [0.1, 0.15) is 10.5 Å². The monoisotopic (exact) mass is 218 g/mol. The van der Waals surface area contributed by atoms with Crippen molar-refractivity contribution in [3.05, 3.63) is 48.3 Å². The highest BCUT2D eigenvalue weighted by atomic mass is 32.1. The molecule has 0 aliphatic heterocycles. The highest BCUT2D eigenvalue weighted by molar-refractivity contribution is 7.80. The zero-order chi connectivity index (χ0) is 10.7. The Hall–Kier alpha value is -1.68. The van der Waals surface area contributed by atoms with E-state index in [9.17, 15) is 4.79 Å². The van der Waals surface area contributed by atoms with Crippen molar-refractivity contribution in [1.29, 1.82) is 0 Å². The maximum atomic E-state index is 11.6. The second kappa shape index (κ2) is 4.23. The van der Waals surface area contributed by atoms with Crippen LogP contribution < -0.4 is 5.32 Å². The molecular formula is C11H10N2OS. The van der Waals surface area contributed by atoms with Gasteiger partial charge in [0, 0.05) is 16.8 Å². The van der Waals surface area contributed by atoms with Gasteiger partial charge >= 0.3 is 0 Å². The van der Waals surface area contributed by atoms with Crippen LogP contribution in [0.3, 0.4) is 0 Å². The van der Waals surface area contributed by atoms with E-state index >= 15 is 0 Å². The van der Waals surface area contributed by atoms with Gasteiger partial charge in [0.15, 0.2) is 0 Å². The summed E-state index contributed by atoms with van der Waals surface area (Å²) in [5, 5.41) is 2.77. The number of aromatic amines is 1. The Balaban J connectivity index is 2.09. The van der Waals surface area contributed by atoms with E-state index in [1.165, 1.54) is 0 Å². The van der Waals surface area contributed by atoms with Gasteiger partial charge in [0.25, 0.3) is 5.91 Å². The quantitative estimate of drug-likeness (QED) is 0.666. The topological polar surface area (TPSA) is 44.9 Å². The minimum Gasteiger partial charge on any atom is -0.357 e. The predicted octanol–water partition coefficient (Wildman–Crippen LogP) is 2.56. The van der Waals surface area contributed by atoms with Crippen molar-refractivity contribution in [3.63, 3.8) is 0 Å². The third kappa shape index (κ3) is 2.41. The molecule has 0 radical (unpaired) electrons. The molecule has 15 heavy (non-hydrogen) atoms. The molecule has 1 heterocycles. The highest BCUT2D eigenvalue weighted by Crippen LogP contribution is 2.12. The lowest BCUT2D eigenvalue weighted by Gasteiger charge is -2.03. The van der Waals surface area contributed by atoms with E-state index in [1.54, 1.807) is 18.3 Å². The van der Waals surface area contributed by atoms with Gasteiger partial charge in [-0.1, -0.05) is 0 Å². The number of hydrogen-bond acceptors (Lipinski definition) is 2. The molecule has 1 aromatic carbocycles. The van der Waals surface area contributed by atoms with Crippen molar-refractivity contribution in [3.8, 4) is 0 Å². The van der Waals surface area contributed by atoms with Gasteiger partial charge in [-0.25, -0.2) is 0 Å². The molecule has 0 aliphatic carbocycles. The predicted molar refractivity (Wildman–Crippen MR) is 62.4 cm³/mol. The van der Waals surface area contributed by atoms with Gasteiger partial charge in [-0.3, -0.25) is 4.79 Å². The van der Waals surface area contributed by atoms with Crippen LogP contribution in [0.4, 0.5) is 5.69 Å². The van der Waals surface area contributed by atoms with Crippen LogP contribution in [0.5, 0.6) is 0 Å². The van der Waals surface area contributed by atoms with Crippen LogP contribution in [-0.4, -0.2) is 10.9 Å². The molecule has 2 rings (SSSR count). The molecule has 0 fully saturated rings. The minimum absolute atomic E-state index is 0.146. The number of nitrogens with one attached hydrogen (secondary N) is 2. The van der Waals surface area contributed by atoms with Crippen molar-refractivity contribution >= 4 is 24.2 Å². The fourth-order valence-corrected chi connectivity index (χ4v) is 1.36. The lowest BCUT2D eigenvalue weighted by molar-refractivity contribution is 0.102. The molecule has 4 heteroatoms. The largest absolute Gasteiger partial charge is 0.357 e. The molecule has 1 amide bonds. The number of carbonyl (C=O) groups excluding carboxylic acids is 1. The average Bonchev–Trinajstić information content (AvgIpc) is 2.74. The Morgan fingerprint density at radius 2 is 1.93 bits per heavy atom. The normalized spacial score (nSPS) is 9.93. The molecule has 1 aromatic heterocycles. The second-order valence-corrected chi connectivity index (χ2v) is 3.60. The summed E-state index contributed by atoms with van der Waals surface area (Å²) >= 11 is 4.16. The van der Waals surface area contributed by atoms with Crippen molar-refractivity contribution in [2.45, 2.75) is 4.90 Å². The summed E-state index contributed by atoms with van der Waals surface area (Å²) in [5.41, 5.74) is 1.30. The Labute approximate surface area is 92.9 Å². The summed E-state index contributed by atoms with van der Waals surface area (Å²) in [6.45, 7) is 0. The van der Waals surface area contributed by atoms with Crippen molar-refractivity contribution in [2.24, 2.45) is 0 Å². The standard InChI is InChI=1S/C11H10N2OS/c14-11(10-2-1-7-12-10)13-8-3-5-9(15)6-4-8/h1-7,12,15H,(H,13,14). The number of hydrogen-bond donors (Lipinski definition) is 3. The smallest absolute Gasteiger partial charge is 0.272 e. The number of thiol groups is 1. The first-order valence-electron chi connectivity index (χ1n) is 4.49. The Morgan fingerprint density at radius 1 is 1.20 bits per heavy atom. The van der Waals surface area contributed by atoms with Crippen LogP contribution >= 0.6 is 12.6 Å². The van der Waals surface area contributed by atoms with Gasteiger partial charge in [0.2, 0.25) is 0 Å². The zero-order valence-electron chi connectivity index (χ0n) is 7.90. The lowest BCUT2D eigenvalue weighted by atomic mass is 10.3. The molecule has 0 atom stereocenters. The average molecular weight is 218 g/mol. The highest BCUT2D eigenvalue weighted by Gasteiger charge is 2.05. The number of carbonyl (C=O) groups is 1. The van der Waals surface area contributed by atoms with E-state index in [0.717, 1.165) is 10.6 Å². The molecule has 2 aromatic rings.